The van der Waals surface area contributed by atoms with Gasteiger partial charge in [-0.2, -0.15) is 10.2 Å². The van der Waals surface area contributed by atoms with E-state index in [-0.39, 0.29) is 27.4 Å². The van der Waals surface area contributed by atoms with Crippen molar-refractivity contribution in [3.63, 3.8) is 0 Å². The molecule has 4 aromatic carbocycles. The predicted octanol–water partition coefficient (Wildman–Crippen LogP) is 11.6. The maximum atomic E-state index is 14.2. The van der Waals surface area contributed by atoms with Gasteiger partial charge in [0.25, 0.3) is 5.56 Å². The van der Waals surface area contributed by atoms with Gasteiger partial charge in [-0.05, 0) is 83.0 Å². The van der Waals surface area contributed by atoms with E-state index in [9.17, 15) is 26.9 Å². The maximum absolute atomic E-state index is 14.2. The van der Waals surface area contributed by atoms with Crippen LogP contribution in [0.15, 0.2) is 102 Å². The van der Waals surface area contributed by atoms with Crippen LogP contribution in [-0.4, -0.2) is 20.4 Å². The van der Waals surface area contributed by atoms with Gasteiger partial charge in [0, 0.05) is 16.7 Å². The minimum atomic E-state index is -3.22. The molecule has 6 nitrogen and oxygen atoms in total. The largest absolute Gasteiger partial charge is 0.339 e. The molecule has 1 N–H and O–H groups in total. The molecule has 49 heavy (non-hydrogen) atoms. The molecule has 0 bridgehead atoms. The quantitative estimate of drug-likeness (QED) is 0.142. The van der Waals surface area contributed by atoms with E-state index in [0.717, 1.165) is 17.7 Å². The minimum Gasteiger partial charge on any atom is -0.271 e. The molecule has 0 saturated heterocycles. The molecule has 0 aliphatic heterocycles. The average molecular weight is 768 g/mol. The Balaban J connectivity index is 0.000000194. The Hall–Kier alpha value is -4.05. The zero-order chi connectivity index (χ0) is 35.9. The van der Waals surface area contributed by atoms with Gasteiger partial charge in [-0.15, -0.1) is 5.10 Å². The number of hydrogen-bond donors (Lipinski definition) is 1. The molecular formula is C34H23Cl4F4N4O2P. The summed E-state index contributed by atoms with van der Waals surface area (Å²) in [7, 11) is 0. The Morgan fingerprint density at radius 1 is 0.551 bits per heavy atom. The van der Waals surface area contributed by atoms with E-state index in [2.05, 4.69) is 54.1 Å². The summed E-state index contributed by atoms with van der Waals surface area (Å²) < 4.78 is 66.2. The van der Waals surface area contributed by atoms with E-state index >= 15 is 0 Å². The third-order valence-corrected chi connectivity index (χ3v) is 7.08. The first kappa shape index (κ1) is 37.8. The number of nitrogens with one attached hydrogen (secondary N) is 1. The Kier molecular flexibility index (Phi) is 12.8. The Morgan fingerprint density at radius 2 is 0.939 bits per heavy atom. The van der Waals surface area contributed by atoms with E-state index in [4.69, 9.17) is 11.6 Å². The van der Waals surface area contributed by atoms with Crippen molar-refractivity contribution in [3.8, 4) is 44.5 Å². The number of aromatic amines is 1. The Bertz CT molecular complexity index is 2160. The maximum Gasteiger partial charge on any atom is 0.339 e. The van der Waals surface area contributed by atoms with Crippen molar-refractivity contribution in [3.05, 3.63) is 147 Å². The second-order valence-corrected chi connectivity index (χ2v) is 17.0. The molecule has 0 spiro atoms. The highest BCUT2D eigenvalue weighted by molar-refractivity contribution is 8.24. The van der Waals surface area contributed by atoms with Crippen molar-refractivity contribution in [2.24, 2.45) is 0 Å². The summed E-state index contributed by atoms with van der Waals surface area (Å²) in [6.07, 6.45) is 0. The van der Waals surface area contributed by atoms with Crippen LogP contribution in [0, 0.1) is 37.1 Å². The lowest BCUT2D eigenvalue weighted by atomic mass is 9.94. The van der Waals surface area contributed by atoms with Gasteiger partial charge in [0.15, 0.2) is 5.15 Å². The highest BCUT2D eigenvalue weighted by Crippen LogP contribution is 2.61. The second-order valence-electron chi connectivity index (χ2n) is 10.0. The summed E-state index contributed by atoms with van der Waals surface area (Å²) in [4.78, 5) is 12.2. The smallest absolute Gasteiger partial charge is 0.271 e. The molecule has 6 aromatic rings. The van der Waals surface area contributed by atoms with Crippen LogP contribution in [0.1, 0.15) is 11.4 Å². The summed E-state index contributed by atoms with van der Waals surface area (Å²) in [6, 6.07) is 25.4. The number of aromatic nitrogens is 4. The highest BCUT2D eigenvalue weighted by atomic mass is 36.0. The van der Waals surface area contributed by atoms with Gasteiger partial charge in [0.1, 0.15) is 23.3 Å². The molecule has 2 heterocycles. The lowest BCUT2D eigenvalue weighted by molar-refractivity contribution is 0.588. The number of H-pyrrole nitrogens is 1. The highest BCUT2D eigenvalue weighted by Gasteiger charge is 2.23. The summed E-state index contributed by atoms with van der Waals surface area (Å²) in [5.41, 5.74) is 2.50. The van der Waals surface area contributed by atoms with Crippen LogP contribution in [0.5, 0.6) is 0 Å². The minimum absolute atomic E-state index is 0.0338. The molecule has 0 amide bonds. The Morgan fingerprint density at radius 3 is 1.37 bits per heavy atom. The first-order chi connectivity index (χ1) is 23.2. The van der Waals surface area contributed by atoms with Crippen molar-refractivity contribution in [2.75, 3.05) is 0 Å². The zero-order valence-corrected chi connectivity index (χ0v) is 29.3. The van der Waals surface area contributed by atoms with Gasteiger partial charge in [-0.3, -0.25) is 9.36 Å². The van der Waals surface area contributed by atoms with E-state index in [1.165, 1.54) is 24.3 Å². The fourth-order valence-electron chi connectivity index (χ4n) is 4.90. The summed E-state index contributed by atoms with van der Waals surface area (Å²) in [5, 5.41) is 10.7. The van der Waals surface area contributed by atoms with Crippen molar-refractivity contribution in [1.29, 1.82) is 0 Å². The van der Waals surface area contributed by atoms with E-state index in [1.807, 2.05) is 36.4 Å². The Labute approximate surface area is 297 Å². The van der Waals surface area contributed by atoms with Crippen LogP contribution in [0.4, 0.5) is 17.6 Å². The van der Waals surface area contributed by atoms with Gasteiger partial charge < -0.3 is 0 Å². The van der Waals surface area contributed by atoms with E-state index < -0.39 is 34.0 Å². The second kappa shape index (κ2) is 16.6. The summed E-state index contributed by atoms with van der Waals surface area (Å²) in [6.45, 7) is 3.41. The molecule has 0 fully saturated rings. The van der Waals surface area contributed by atoms with E-state index in [1.54, 1.807) is 38.1 Å². The lowest BCUT2D eigenvalue weighted by Crippen LogP contribution is -2.15. The molecule has 0 radical (unpaired) electrons. The molecule has 2 aromatic heterocycles. The monoisotopic (exact) mass is 766 g/mol. The first-order valence-corrected chi connectivity index (χ1v) is 18.8. The molecule has 252 valence electrons. The SMILES string of the molecule is Cc1n[nH]c(=O)c(-c2c(F)cccc2F)c1-c1ccccc1.Cc1nnc(Cl)c(-c2c(F)cccc2F)c1-c1ccccc1.O=P(Cl)(Cl)Cl. The number of nitrogens with zero attached hydrogens (tertiary/aromatic N) is 3. The molecule has 6 rings (SSSR count). The van der Waals surface area contributed by atoms with E-state index in [0.29, 0.717) is 28.1 Å². The molecule has 0 aliphatic rings. The van der Waals surface area contributed by atoms with Gasteiger partial charge in [-0.25, -0.2) is 22.7 Å². The van der Waals surface area contributed by atoms with Crippen LogP contribution >= 0.6 is 50.5 Å². The molecule has 0 unspecified atom stereocenters. The van der Waals surface area contributed by atoms with Gasteiger partial charge in [0.2, 0.25) is 0 Å². The number of aryl methyl sites for hydroxylation is 2. The van der Waals surface area contributed by atoms with Crippen molar-refractivity contribution >= 4 is 50.5 Å². The summed E-state index contributed by atoms with van der Waals surface area (Å²) in [5.74, 6) is -2.94. The van der Waals surface area contributed by atoms with Crippen LogP contribution in [0.2, 0.25) is 5.15 Å². The van der Waals surface area contributed by atoms with Crippen LogP contribution in [0.25, 0.3) is 44.5 Å². The summed E-state index contributed by atoms with van der Waals surface area (Å²) >= 11 is 20.0. The van der Waals surface area contributed by atoms with Gasteiger partial charge in [-0.1, -0.05) is 84.4 Å². The number of halogens is 8. The molecular weight excluding hydrogens is 745 g/mol. The molecule has 0 atom stereocenters. The third-order valence-electron chi connectivity index (χ3n) is 6.82. The fourth-order valence-corrected chi connectivity index (χ4v) is 5.13. The molecule has 0 saturated carbocycles. The number of rotatable bonds is 4. The third kappa shape index (κ3) is 9.56. The van der Waals surface area contributed by atoms with Crippen LogP contribution in [0.3, 0.4) is 0 Å². The van der Waals surface area contributed by atoms with Crippen molar-refractivity contribution < 1.29 is 22.1 Å². The predicted molar refractivity (Wildman–Crippen MR) is 188 cm³/mol. The molecule has 0 aliphatic carbocycles. The topological polar surface area (TPSA) is 88.6 Å². The lowest BCUT2D eigenvalue weighted by Gasteiger charge is -2.14. The van der Waals surface area contributed by atoms with Crippen molar-refractivity contribution in [1.82, 2.24) is 20.4 Å². The van der Waals surface area contributed by atoms with Crippen LogP contribution < -0.4 is 5.56 Å². The average Bonchev–Trinajstić information content (AvgIpc) is 3.04. The zero-order valence-electron chi connectivity index (χ0n) is 25.4. The number of hydrogen-bond acceptors (Lipinski definition) is 5. The number of benzene rings is 4. The normalized spacial score (nSPS) is 10.8. The standard InChI is InChI=1S/C17H11ClF2N2.C17H12F2N2O.Cl3OP/c1-10-14(11-6-3-2-4-7-11)16(17(18)22-21-10)15-12(19)8-5-9-13(15)20;1-10-14(11-6-3-2-4-7-11)16(17(22)21-20-10)15-12(18)8-5-9-13(15)19;1-5(2,3)4/h2-9H,1H3;2-9H,1H3,(H,21,22);. The van der Waals surface area contributed by atoms with Gasteiger partial charge in [0.05, 0.1) is 28.1 Å². The fraction of sp³-hybridized carbons (Fsp3) is 0.0588. The van der Waals surface area contributed by atoms with Crippen molar-refractivity contribution in [2.45, 2.75) is 13.8 Å². The van der Waals surface area contributed by atoms with Crippen LogP contribution in [-0.2, 0) is 4.57 Å². The first-order valence-electron chi connectivity index (χ1n) is 14.0. The van der Waals surface area contributed by atoms with Gasteiger partial charge >= 0.3 is 5.20 Å². The molecule has 15 heteroatoms.